The van der Waals surface area contributed by atoms with Crippen molar-refractivity contribution in [3.05, 3.63) is 60.2 Å². The number of rotatable bonds is 3. The molecule has 1 aromatic rings. The maximum absolute atomic E-state index is 13.7. The molecule has 6 rings (SSSR count). The van der Waals surface area contributed by atoms with E-state index >= 15 is 0 Å². The maximum atomic E-state index is 13.7. The molecular formula is C36H50O5. The summed E-state index contributed by atoms with van der Waals surface area (Å²) in [4.78, 5) is 13.7. The average molecular weight is 563 g/mol. The highest BCUT2D eigenvalue weighted by Gasteiger charge is 2.76. The fraction of sp³-hybridized carbons (Fsp3) is 0.694. The molecule has 0 aromatic heterocycles. The van der Waals surface area contributed by atoms with Crippen LogP contribution in [-0.4, -0.2) is 45.7 Å². The van der Waals surface area contributed by atoms with E-state index in [1.165, 1.54) is 5.57 Å². The molecule has 0 spiro atoms. The molecule has 224 valence electrons. The Kier molecular flexibility index (Phi) is 6.77. The average Bonchev–Trinajstić information content (AvgIpc) is 3.28. The Bertz CT molecular complexity index is 1240. The van der Waals surface area contributed by atoms with Gasteiger partial charge >= 0.3 is 5.97 Å². The number of esters is 1. The molecule has 5 heteroatoms. The fourth-order valence-electron chi connectivity index (χ4n) is 12.0. The van der Waals surface area contributed by atoms with Gasteiger partial charge in [-0.1, -0.05) is 64.6 Å². The highest BCUT2D eigenvalue weighted by atomic mass is 16.6. The second kappa shape index (κ2) is 9.53. The van der Waals surface area contributed by atoms with E-state index in [1.54, 1.807) is 12.1 Å². The third-order valence-corrected chi connectivity index (χ3v) is 13.9. The standard InChI is InChI=1S/C36H50O5/c1-20(2)23-13-16-33(4)24(23)14-18-35(6)27(33)19-26(38)30-34(5)17-15-25(37)21(3)28(34)29(39)31(36(30,35)7)41-32(40)22-11-9-8-10-12-22/h8-12,23-31,37-39H,1,3,13-19H2,2,4-7H3/t23-,24-,25-,26-,27+,28+,29-,30+,31-,33-,34-,35+,36-/m0/s1. The second-order valence-electron chi connectivity index (χ2n) is 15.5. The van der Waals surface area contributed by atoms with Crippen molar-refractivity contribution in [2.24, 2.45) is 51.2 Å². The van der Waals surface area contributed by atoms with E-state index in [2.05, 4.69) is 47.8 Å². The molecule has 0 heterocycles. The number of ether oxygens (including phenoxy) is 1. The lowest BCUT2D eigenvalue weighted by Gasteiger charge is -2.74. The Balaban J connectivity index is 1.51. The van der Waals surface area contributed by atoms with Crippen molar-refractivity contribution in [3.63, 3.8) is 0 Å². The van der Waals surface area contributed by atoms with E-state index in [-0.39, 0.29) is 22.7 Å². The van der Waals surface area contributed by atoms with Gasteiger partial charge in [-0.25, -0.2) is 4.79 Å². The molecule has 13 atom stereocenters. The number of benzene rings is 1. The van der Waals surface area contributed by atoms with Crippen LogP contribution in [0.2, 0.25) is 0 Å². The molecule has 0 bridgehead atoms. The molecule has 5 saturated carbocycles. The Labute approximate surface area is 246 Å². The van der Waals surface area contributed by atoms with Crippen LogP contribution in [0.15, 0.2) is 54.6 Å². The summed E-state index contributed by atoms with van der Waals surface area (Å²) in [6.45, 7) is 20.0. The van der Waals surface area contributed by atoms with Gasteiger partial charge in [0.25, 0.3) is 0 Å². The lowest BCUT2D eigenvalue weighted by atomic mass is 9.31. The van der Waals surface area contributed by atoms with Crippen molar-refractivity contribution >= 4 is 5.97 Å². The molecule has 0 amide bonds. The normalized spacial score (nSPS) is 50.6. The van der Waals surface area contributed by atoms with E-state index < -0.39 is 47.1 Å². The molecule has 5 fully saturated rings. The van der Waals surface area contributed by atoms with E-state index in [0.717, 1.165) is 25.7 Å². The molecule has 0 saturated heterocycles. The van der Waals surface area contributed by atoms with Crippen molar-refractivity contribution < 1.29 is 24.9 Å². The first-order chi connectivity index (χ1) is 19.2. The smallest absolute Gasteiger partial charge is 0.338 e. The third-order valence-electron chi connectivity index (χ3n) is 13.9. The zero-order valence-electron chi connectivity index (χ0n) is 25.6. The highest BCUT2D eigenvalue weighted by Crippen LogP contribution is 2.77. The Hall–Kier alpha value is -1.95. The Morgan fingerprint density at radius 3 is 2.27 bits per heavy atom. The van der Waals surface area contributed by atoms with E-state index in [1.807, 2.05) is 18.2 Å². The van der Waals surface area contributed by atoms with Gasteiger partial charge in [0.1, 0.15) is 6.10 Å². The van der Waals surface area contributed by atoms with Crippen LogP contribution in [0.5, 0.6) is 0 Å². The summed E-state index contributed by atoms with van der Waals surface area (Å²) in [7, 11) is 0. The number of aliphatic hydroxyl groups is 3. The molecular weight excluding hydrogens is 512 g/mol. The summed E-state index contributed by atoms with van der Waals surface area (Å²) in [6.07, 6.45) is 3.01. The fourth-order valence-corrected chi connectivity index (χ4v) is 12.0. The minimum Gasteiger partial charge on any atom is -0.455 e. The summed E-state index contributed by atoms with van der Waals surface area (Å²) in [5.41, 5.74) is 0.895. The number of hydrogen-bond acceptors (Lipinski definition) is 5. The summed E-state index contributed by atoms with van der Waals surface area (Å²) < 4.78 is 6.47. The summed E-state index contributed by atoms with van der Waals surface area (Å²) >= 11 is 0. The molecule has 0 unspecified atom stereocenters. The first-order valence-electron chi connectivity index (χ1n) is 15.9. The van der Waals surface area contributed by atoms with Gasteiger partial charge in [0, 0.05) is 17.3 Å². The Morgan fingerprint density at radius 2 is 1.61 bits per heavy atom. The number of carbonyl (C=O) groups excluding carboxylic acids is 1. The molecule has 0 aliphatic heterocycles. The van der Waals surface area contributed by atoms with Crippen LogP contribution in [0, 0.1) is 51.2 Å². The lowest BCUT2D eigenvalue weighted by molar-refractivity contribution is -0.313. The van der Waals surface area contributed by atoms with Crippen molar-refractivity contribution in [2.45, 2.75) is 104 Å². The van der Waals surface area contributed by atoms with Crippen LogP contribution in [0.1, 0.15) is 89.9 Å². The van der Waals surface area contributed by atoms with Crippen LogP contribution >= 0.6 is 0 Å². The quantitative estimate of drug-likeness (QED) is 0.296. The van der Waals surface area contributed by atoms with Crippen LogP contribution in [-0.2, 0) is 4.74 Å². The van der Waals surface area contributed by atoms with Crippen molar-refractivity contribution in [1.29, 1.82) is 0 Å². The molecule has 1 aromatic carbocycles. The van der Waals surface area contributed by atoms with Crippen LogP contribution < -0.4 is 0 Å². The van der Waals surface area contributed by atoms with Gasteiger partial charge in [-0.3, -0.25) is 0 Å². The second-order valence-corrected chi connectivity index (χ2v) is 15.5. The number of carbonyl (C=O) groups is 1. The minimum atomic E-state index is -1.03. The first-order valence-corrected chi connectivity index (χ1v) is 15.9. The summed E-state index contributed by atoms with van der Waals surface area (Å²) in [6, 6.07) is 8.99. The van der Waals surface area contributed by atoms with Crippen molar-refractivity contribution in [3.8, 4) is 0 Å². The molecule has 41 heavy (non-hydrogen) atoms. The van der Waals surface area contributed by atoms with E-state index in [9.17, 15) is 20.1 Å². The Morgan fingerprint density at radius 1 is 0.951 bits per heavy atom. The molecule has 5 aliphatic carbocycles. The number of allylic oxidation sites excluding steroid dienone is 1. The lowest BCUT2D eigenvalue weighted by Crippen LogP contribution is -2.76. The molecule has 5 aliphatic rings. The van der Waals surface area contributed by atoms with Crippen molar-refractivity contribution in [1.82, 2.24) is 0 Å². The zero-order valence-corrected chi connectivity index (χ0v) is 25.6. The van der Waals surface area contributed by atoms with Crippen LogP contribution in [0.4, 0.5) is 0 Å². The maximum Gasteiger partial charge on any atom is 0.338 e. The molecule has 0 radical (unpaired) electrons. The largest absolute Gasteiger partial charge is 0.455 e. The van der Waals surface area contributed by atoms with Crippen LogP contribution in [0.25, 0.3) is 0 Å². The zero-order chi connectivity index (χ0) is 29.7. The minimum absolute atomic E-state index is 0.0363. The third kappa shape index (κ3) is 3.74. The number of fused-ring (bicyclic) bond motifs is 7. The number of hydrogen-bond donors (Lipinski definition) is 3. The monoisotopic (exact) mass is 562 g/mol. The SMILES string of the molecule is C=C1[C@@H]2[C@H](O)[C@H](OC(=O)c3ccccc3)[C@]3(C)[C@H]([C@@H](O)C[C@@H]4[C@@]5(C)CC[C@@H](C(=C)C)[C@@H]5CC[C@]43C)[C@@]2(C)CC[C@@H]1O. The first kappa shape index (κ1) is 29.1. The van der Waals surface area contributed by atoms with Gasteiger partial charge < -0.3 is 20.1 Å². The molecule has 3 N–H and O–H groups in total. The molecule has 5 nitrogen and oxygen atoms in total. The summed E-state index contributed by atoms with van der Waals surface area (Å²) in [5.74, 6) is 0.0959. The number of aliphatic hydroxyl groups excluding tert-OH is 3. The van der Waals surface area contributed by atoms with E-state index in [4.69, 9.17) is 4.74 Å². The highest BCUT2D eigenvalue weighted by molar-refractivity contribution is 5.89. The van der Waals surface area contributed by atoms with Crippen LogP contribution in [0.3, 0.4) is 0 Å². The van der Waals surface area contributed by atoms with Gasteiger partial charge in [-0.15, -0.1) is 0 Å². The summed E-state index contributed by atoms with van der Waals surface area (Å²) in [5, 5.41) is 35.5. The van der Waals surface area contributed by atoms with Gasteiger partial charge in [-0.05, 0) is 104 Å². The van der Waals surface area contributed by atoms with Gasteiger partial charge in [0.2, 0.25) is 0 Å². The topological polar surface area (TPSA) is 87.0 Å². The van der Waals surface area contributed by atoms with Gasteiger partial charge in [-0.2, -0.15) is 0 Å². The van der Waals surface area contributed by atoms with E-state index in [0.29, 0.717) is 42.2 Å². The van der Waals surface area contributed by atoms with Crippen molar-refractivity contribution in [2.75, 3.05) is 0 Å². The predicted octanol–water partition coefficient (Wildman–Crippen LogP) is 6.33. The van der Waals surface area contributed by atoms with Gasteiger partial charge in [0.15, 0.2) is 0 Å². The predicted molar refractivity (Wildman–Crippen MR) is 160 cm³/mol. The van der Waals surface area contributed by atoms with Gasteiger partial charge in [0.05, 0.1) is 23.9 Å².